The molecule has 3 aromatic carbocycles. The second-order valence-electron chi connectivity index (χ2n) is 9.20. The number of hydrogen-bond acceptors (Lipinski definition) is 5. The van der Waals surface area contributed by atoms with Crippen LogP contribution < -0.4 is 10.2 Å². The lowest BCUT2D eigenvalue weighted by Crippen LogP contribution is -2.45. The van der Waals surface area contributed by atoms with E-state index in [1.807, 2.05) is 42.5 Å². The van der Waals surface area contributed by atoms with Crippen molar-refractivity contribution in [3.05, 3.63) is 96.7 Å². The summed E-state index contributed by atoms with van der Waals surface area (Å²) < 4.78 is 13.4. The van der Waals surface area contributed by atoms with Crippen molar-refractivity contribution in [1.29, 1.82) is 0 Å². The Bertz CT molecular complexity index is 1540. The van der Waals surface area contributed by atoms with Gasteiger partial charge in [-0.25, -0.2) is 14.4 Å². The van der Waals surface area contributed by atoms with Crippen LogP contribution in [0.25, 0.3) is 33.3 Å². The monoisotopic (exact) mass is 492 g/mol. The number of aromatic amines is 1. The molecule has 184 valence electrons. The number of carbonyl (C=O) groups excluding carboxylic acids is 1. The first kappa shape index (κ1) is 22.8. The number of rotatable bonds is 5. The molecule has 7 nitrogen and oxygen atoms in total. The summed E-state index contributed by atoms with van der Waals surface area (Å²) in [5.41, 5.74) is 5.12. The average Bonchev–Trinajstić information content (AvgIpc) is 3.44. The smallest absolute Gasteiger partial charge is 0.251 e. The van der Waals surface area contributed by atoms with Gasteiger partial charge in [0.05, 0.1) is 17.4 Å². The maximum Gasteiger partial charge on any atom is 0.251 e. The minimum absolute atomic E-state index is 0.0340. The zero-order valence-electron chi connectivity index (χ0n) is 20.1. The van der Waals surface area contributed by atoms with Gasteiger partial charge in [-0.3, -0.25) is 9.89 Å². The van der Waals surface area contributed by atoms with Crippen LogP contribution in [-0.2, 0) is 0 Å². The number of anilines is 1. The largest absolute Gasteiger partial charge is 0.356 e. The summed E-state index contributed by atoms with van der Waals surface area (Å²) in [6.07, 6.45) is 5.05. The summed E-state index contributed by atoms with van der Waals surface area (Å²) in [5.74, 6) is 0.570. The number of H-pyrrole nitrogens is 1. The van der Waals surface area contributed by atoms with Gasteiger partial charge in [0.15, 0.2) is 0 Å². The number of aromatic nitrogens is 4. The Labute approximate surface area is 213 Å². The van der Waals surface area contributed by atoms with Gasteiger partial charge >= 0.3 is 0 Å². The summed E-state index contributed by atoms with van der Waals surface area (Å²) in [7, 11) is 0. The lowest BCUT2D eigenvalue weighted by Gasteiger charge is -2.33. The topological polar surface area (TPSA) is 86.8 Å². The van der Waals surface area contributed by atoms with E-state index >= 15 is 0 Å². The second-order valence-corrected chi connectivity index (χ2v) is 9.20. The molecule has 0 bridgehead atoms. The summed E-state index contributed by atoms with van der Waals surface area (Å²) in [4.78, 5) is 23.9. The van der Waals surface area contributed by atoms with Gasteiger partial charge in [-0.15, -0.1) is 0 Å². The molecule has 1 aliphatic rings. The molecule has 6 rings (SSSR count). The van der Waals surface area contributed by atoms with Crippen molar-refractivity contribution in [3.63, 3.8) is 0 Å². The predicted octanol–water partition coefficient (Wildman–Crippen LogP) is 5.22. The third kappa shape index (κ3) is 4.65. The van der Waals surface area contributed by atoms with Gasteiger partial charge in [-0.1, -0.05) is 24.3 Å². The summed E-state index contributed by atoms with van der Waals surface area (Å²) in [6.45, 7) is 1.56. The zero-order valence-corrected chi connectivity index (χ0v) is 20.1. The number of piperidine rings is 1. The number of nitrogens with zero attached hydrogens (tertiary/aromatic N) is 4. The number of nitrogens with one attached hydrogen (secondary N) is 2. The molecule has 0 saturated carbocycles. The van der Waals surface area contributed by atoms with Crippen LogP contribution in [0.3, 0.4) is 0 Å². The van der Waals surface area contributed by atoms with E-state index in [1.165, 1.54) is 12.1 Å². The number of fused-ring (bicyclic) bond motifs is 1. The Morgan fingerprint density at radius 3 is 2.49 bits per heavy atom. The molecule has 1 saturated heterocycles. The normalized spacial score (nSPS) is 14.1. The molecule has 5 aromatic rings. The number of benzene rings is 3. The van der Waals surface area contributed by atoms with Gasteiger partial charge in [0.25, 0.3) is 5.91 Å². The highest BCUT2D eigenvalue weighted by molar-refractivity contribution is 5.95. The molecule has 2 N–H and O–H groups in total. The molecule has 1 fully saturated rings. The van der Waals surface area contributed by atoms with Crippen LogP contribution in [0.5, 0.6) is 0 Å². The molecular weight excluding hydrogens is 467 g/mol. The minimum Gasteiger partial charge on any atom is -0.356 e. The molecule has 1 amide bonds. The third-order valence-electron chi connectivity index (χ3n) is 6.86. The van der Waals surface area contributed by atoms with Crippen molar-refractivity contribution in [2.45, 2.75) is 18.9 Å². The fraction of sp³-hybridized carbons (Fsp3) is 0.172. The van der Waals surface area contributed by atoms with E-state index in [2.05, 4.69) is 36.4 Å². The van der Waals surface area contributed by atoms with Gasteiger partial charge in [0, 0.05) is 41.2 Å². The van der Waals surface area contributed by atoms with Crippen molar-refractivity contribution in [3.8, 4) is 22.4 Å². The highest BCUT2D eigenvalue weighted by Gasteiger charge is 2.23. The third-order valence-corrected chi connectivity index (χ3v) is 6.86. The molecule has 0 spiro atoms. The van der Waals surface area contributed by atoms with Gasteiger partial charge in [-0.05, 0) is 66.9 Å². The standard InChI is InChI=1S/C29H25FN6O/c30-22-9-6-19(7-10-22)27-25(17-33-35-27)21-8-11-26-24(16-21)28(32-18-31-26)36-14-12-23(13-15-36)34-29(37)20-4-2-1-3-5-20/h1-11,16-18,23H,12-15H2,(H,33,35)(H,34,37). The van der Waals surface area contributed by atoms with Gasteiger partial charge in [0.2, 0.25) is 0 Å². The van der Waals surface area contributed by atoms with Gasteiger partial charge < -0.3 is 10.2 Å². The average molecular weight is 493 g/mol. The van der Waals surface area contributed by atoms with Crippen molar-refractivity contribution >= 4 is 22.6 Å². The molecule has 0 unspecified atom stereocenters. The molecule has 37 heavy (non-hydrogen) atoms. The van der Waals surface area contributed by atoms with Gasteiger partial charge in [-0.2, -0.15) is 5.10 Å². The molecule has 0 radical (unpaired) electrons. The Kier molecular flexibility index (Phi) is 6.06. The molecule has 0 aliphatic carbocycles. The van der Waals surface area contributed by atoms with Gasteiger partial charge in [0.1, 0.15) is 18.0 Å². The van der Waals surface area contributed by atoms with E-state index < -0.39 is 0 Å². The van der Waals surface area contributed by atoms with Crippen LogP contribution in [0.4, 0.5) is 10.2 Å². The van der Waals surface area contributed by atoms with Crippen molar-refractivity contribution < 1.29 is 9.18 Å². The summed E-state index contributed by atoms with van der Waals surface area (Å²) in [5, 5.41) is 11.4. The Balaban J connectivity index is 1.24. The quantitative estimate of drug-likeness (QED) is 0.351. The van der Waals surface area contributed by atoms with Crippen molar-refractivity contribution in [2.24, 2.45) is 0 Å². The molecule has 1 aliphatic heterocycles. The summed E-state index contributed by atoms with van der Waals surface area (Å²) >= 11 is 0. The number of amides is 1. The van der Waals surface area contributed by atoms with Crippen LogP contribution in [0.15, 0.2) is 85.3 Å². The minimum atomic E-state index is -0.277. The first-order valence-electron chi connectivity index (χ1n) is 12.3. The van der Waals surface area contributed by atoms with Crippen LogP contribution in [-0.4, -0.2) is 45.2 Å². The van der Waals surface area contributed by atoms with Crippen LogP contribution in [0.2, 0.25) is 0 Å². The van der Waals surface area contributed by atoms with E-state index in [0.717, 1.165) is 65.0 Å². The number of halogens is 1. The Morgan fingerprint density at radius 1 is 0.946 bits per heavy atom. The van der Waals surface area contributed by atoms with E-state index in [4.69, 9.17) is 0 Å². The Hall–Kier alpha value is -4.59. The molecule has 8 heteroatoms. The first-order valence-corrected chi connectivity index (χ1v) is 12.3. The lowest BCUT2D eigenvalue weighted by atomic mass is 9.99. The SMILES string of the molecule is O=C(NC1CCN(c2ncnc3ccc(-c4cn[nH]c4-c4ccc(F)cc4)cc23)CC1)c1ccccc1. The first-order chi connectivity index (χ1) is 18.2. The van der Waals surface area contributed by atoms with Crippen LogP contribution in [0, 0.1) is 5.82 Å². The predicted molar refractivity (Wildman–Crippen MR) is 142 cm³/mol. The van der Waals surface area contributed by atoms with E-state index in [-0.39, 0.29) is 17.8 Å². The summed E-state index contributed by atoms with van der Waals surface area (Å²) in [6, 6.07) is 21.9. The maximum absolute atomic E-state index is 13.4. The maximum atomic E-state index is 13.4. The highest BCUT2D eigenvalue weighted by atomic mass is 19.1. The van der Waals surface area contributed by atoms with Crippen molar-refractivity contribution in [1.82, 2.24) is 25.5 Å². The lowest BCUT2D eigenvalue weighted by molar-refractivity contribution is 0.0931. The molecule has 2 aromatic heterocycles. The number of carbonyl (C=O) groups is 1. The fourth-order valence-electron chi connectivity index (χ4n) is 4.90. The van der Waals surface area contributed by atoms with E-state index in [1.54, 1.807) is 24.7 Å². The van der Waals surface area contributed by atoms with E-state index in [0.29, 0.717) is 5.56 Å². The molecule has 3 heterocycles. The highest BCUT2D eigenvalue weighted by Crippen LogP contribution is 2.34. The fourth-order valence-corrected chi connectivity index (χ4v) is 4.90. The Morgan fingerprint density at radius 2 is 1.70 bits per heavy atom. The van der Waals surface area contributed by atoms with Crippen molar-refractivity contribution in [2.75, 3.05) is 18.0 Å². The second kappa shape index (κ2) is 9.81. The van der Waals surface area contributed by atoms with E-state index in [9.17, 15) is 9.18 Å². The molecule has 0 atom stereocenters. The van der Waals surface area contributed by atoms with Crippen LogP contribution >= 0.6 is 0 Å². The number of hydrogen-bond donors (Lipinski definition) is 2. The molecular formula is C29H25FN6O. The zero-order chi connectivity index (χ0) is 25.2. The van der Waals surface area contributed by atoms with Crippen LogP contribution in [0.1, 0.15) is 23.2 Å².